The third-order valence-corrected chi connectivity index (χ3v) is 5.45. The van der Waals surface area contributed by atoms with Gasteiger partial charge in [-0.05, 0) is 79.7 Å². The summed E-state index contributed by atoms with van der Waals surface area (Å²) >= 11 is 17.8. The molecule has 0 atom stereocenters. The van der Waals surface area contributed by atoms with Crippen molar-refractivity contribution in [3.05, 3.63) is 81.3 Å². The van der Waals surface area contributed by atoms with Crippen LogP contribution in [0, 0.1) is 13.8 Å². The number of anilines is 1. The van der Waals surface area contributed by atoms with Crippen molar-refractivity contribution in [2.24, 2.45) is 0 Å². The molecule has 1 amide bonds. The number of rotatable bonds is 3. The van der Waals surface area contributed by atoms with Gasteiger partial charge in [0.25, 0.3) is 5.91 Å². The van der Waals surface area contributed by atoms with E-state index in [1.807, 2.05) is 32.0 Å². The molecule has 156 valence electrons. The molecule has 4 aromatic rings. The van der Waals surface area contributed by atoms with Crippen LogP contribution in [0.5, 0.6) is 0 Å². The molecule has 0 spiro atoms. The predicted octanol–water partition coefficient (Wildman–Crippen LogP) is 6.55. The first-order chi connectivity index (χ1) is 14.8. The molecule has 1 aromatic heterocycles. The Bertz CT molecular complexity index is 1330. The number of aromatic nitrogens is 1. The van der Waals surface area contributed by atoms with Crippen molar-refractivity contribution in [1.29, 1.82) is 0 Å². The molecule has 0 aliphatic carbocycles. The molecular weight excluding hydrogens is 453 g/mol. The van der Waals surface area contributed by atoms with Gasteiger partial charge < -0.3 is 9.73 Å². The van der Waals surface area contributed by atoms with E-state index in [1.54, 1.807) is 36.4 Å². The third-order valence-electron chi connectivity index (χ3n) is 4.60. The Labute approximate surface area is 194 Å². The van der Waals surface area contributed by atoms with Crippen LogP contribution in [-0.4, -0.2) is 16.0 Å². The second kappa shape index (κ2) is 8.67. The quantitative estimate of drug-likeness (QED) is 0.333. The van der Waals surface area contributed by atoms with Gasteiger partial charge in [0.15, 0.2) is 10.7 Å². The molecule has 8 heteroatoms. The predicted molar refractivity (Wildman–Crippen MR) is 129 cm³/mol. The number of benzene rings is 3. The second-order valence-electron chi connectivity index (χ2n) is 7.08. The number of carbonyl (C=O) groups is 1. The zero-order chi connectivity index (χ0) is 22.1. The molecule has 4 rings (SSSR count). The molecule has 1 heterocycles. The Kier molecular flexibility index (Phi) is 5.96. The minimum Gasteiger partial charge on any atom is -0.436 e. The number of aryl methyl sites for hydroxylation is 2. The van der Waals surface area contributed by atoms with Crippen molar-refractivity contribution in [3.63, 3.8) is 0 Å². The van der Waals surface area contributed by atoms with Crippen LogP contribution in [-0.2, 0) is 0 Å². The zero-order valence-electron chi connectivity index (χ0n) is 16.6. The molecule has 0 fully saturated rings. The lowest BCUT2D eigenvalue weighted by molar-refractivity contribution is 0.0978. The summed E-state index contributed by atoms with van der Waals surface area (Å²) in [4.78, 5) is 17.0. The topological polar surface area (TPSA) is 67.2 Å². The van der Waals surface area contributed by atoms with E-state index in [4.69, 9.17) is 39.8 Å². The highest BCUT2D eigenvalue weighted by Crippen LogP contribution is 2.30. The van der Waals surface area contributed by atoms with Crippen LogP contribution in [0.15, 0.2) is 59.0 Å². The summed E-state index contributed by atoms with van der Waals surface area (Å²) in [6, 6.07) is 16.3. The first kappa shape index (κ1) is 21.3. The number of nitrogens with one attached hydrogen (secondary N) is 2. The molecule has 5 nitrogen and oxygen atoms in total. The van der Waals surface area contributed by atoms with Crippen LogP contribution in [0.3, 0.4) is 0 Å². The summed E-state index contributed by atoms with van der Waals surface area (Å²) in [5, 5.41) is 6.44. The number of halogens is 2. The number of nitrogens with zero attached hydrogens (tertiary/aromatic N) is 1. The first-order valence-electron chi connectivity index (χ1n) is 9.36. The largest absolute Gasteiger partial charge is 0.436 e. The minimum absolute atomic E-state index is 0.0916. The van der Waals surface area contributed by atoms with Gasteiger partial charge in [0, 0.05) is 5.56 Å². The Morgan fingerprint density at radius 3 is 2.48 bits per heavy atom. The summed E-state index contributed by atoms with van der Waals surface area (Å²) in [6.07, 6.45) is 0. The van der Waals surface area contributed by atoms with Gasteiger partial charge in [-0.2, -0.15) is 0 Å². The summed E-state index contributed by atoms with van der Waals surface area (Å²) in [7, 11) is 0. The summed E-state index contributed by atoms with van der Waals surface area (Å²) < 4.78 is 5.88. The van der Waals surface area contributed by atoms with Crippen molar-refractivity contribution in [1.82, 2.24) is 10.3 Å². The van der Waals surface area contributed by atoms with Crippen molar-refractivity contribution in [3.8, 4) is 11.5 Å². The second-order valence-corrected chi connectivity index (χ2v) is 8.30. The molecule has 0 saturated carbocycles. The van der Waals surface area contributed by atoms with Gasteiger partial charge in [0.2, 0.25) is 5.89 Å². The number of hydrogen-bond acceptors (Lipinski definition) is 4. The summed E-state index contributed by atoms with van der Waals surface area (Å²) in [6.45, 7) is 3.89. The lowest BCUT2D eigenvalue weighted by Gasteiger charge is -2.12. The number of hydrogen-bond donors (Lipinski definition) is 2. The molecule has 0 aliphatic rings. The van der Waals surface area contributed by atoms with Gasteiger partial charge in [-0.25, -0.2) is 4.98 Å². The average molecular weight is 470 g/mol. The Morgan fingerprint density at radius 2 is 1.71 bits per heavy atom. The lowest BCUT2D eigenvalue weighted by Crippen LogP contribution is -2.34. The average Bonchev–Trinajstić information content (AvgIpc) is 3.12. The third kappa shape index (κ3) is 4.71. The van der Waals surface area contributed by atoms with Gasteiger partial charge >= 0.3 is 0 Å². The Morgan fingerprint density at radius 1 is 0.968 bits per heavy atom. The van der Waals surface area contributed by atoms with Crippen LogP contribution in [0.1, 0.15) is 21.5 Å². The molecule has 0 bridgehead atoms. The molecule has 0 radical (unpaired) electrons. The fourth-order valence-corrected chi connectivity index (χ4v) is 3.73. The highest BCUT2D eigenvalue weighted by molar-refractivity contribution is 7.80. The SMILES string of the molecule is Cc1ccc(C(=O)NC(=S)Nc2cc(-c3nc4ccc(C)cc4o3)ccc2Cl)c(Cl)c1. The number of fused-ring (bicyclic) bond motifs is 1. The maximum Gasteiger partial charge on any atom is 0.258 e. The standard InChI is InChI=1S/C23H17Cl2N3O2S/c1-12-3-6-15(17(25)9-12)21(29)28-23(31)27-19-11-14(5-7-16(19)24)22-26-18-8-4-13(2)10-20(18)30-22/h3-11H,1-2H3,(H2,27,28,29,31). The maximum atomic E-state index is 12.5. The van der Waals surface area contributed by atoms with E-state index in [1.165, 1.54) is 0 Å². The van der Waals surface area contributed by atoms with E-state index in [0.717, 1.165) is 22.2 Å². The van der Waals surface area contributed by atoms with E-state index in [-0.39, 0.29) is 5.11 Å². The monoisotopic (exact) mass is 469 g/mol. The molecule has 31 heavy (non-hydrogen) atoms. The Balaban J connectivity index is 1.54. The van der Waals surface area contributed by atoms with Gasteiger partial charge in [0.1, 0.15) is 5.52 Å². The van der Waals surface area contributed by atoms with Crippen LogP contribution in [0.25, 0.3) is 22.6 Å². The minimum atomic E-state index is -0.413. The number of oxazole rings is 1. The van der Waals surface area contributed by atoms with Crippen LogP contribution in [0.2, 0.25) is 10.0 Å². The molecule has 2 N–H and O–H groups in total. The zero-order valence-corrected chi connectivity index (χ0v) is 19.0. The summed E-state index contributed by atoms with van der Waals surface area (Å²) in [5.74, 6) is 0.0470. The Hall–Kier alpha value is -2.93. The normalized spacial score (nSPS) is 10.8. The van der Waals surface area contributed by atoms with Crippen molar-refractivity contribution < 1.29 is 9.21 Å². The first-order valence-corrected chi connectivity index (χ1v) is 10.5. The number of amides is 1. The number of thiocarbonyl (C=S) groups is 1. The fraction of sp³-hybridized carbons (Fsp3) is 0.0870. The van der Waals surface area contributed by atoms with E-state index in [0.29, 0.717) is 32.8 Å². The highest BCUT2D eigenvalue weighted by atomic mass is 35.5. The van der Waals surface area contributed by atoms with Crippen molar-refractivity contribution in [2.45, 2.75) is 13.8 Å². The van der Waals surface area contributed by atoms with Gasteiger partial charge in [-0.3, -0.25) is 10.1 Å². The number of carbonyl (C=O) groups excluding carboxylic acids is 1. The lowest BCUT2D eigenvalue weighted by atomic mass is 10.1. The van der Waals surface area contributed by atoms with Crippen LogP contribution in [0.4, 0.5) is 5.69 Å². The van der Waals surface area contributed by atoms with E-state index >= 15 is 0 Å². The molecule has 0 unspecified atom stereocenters. The van der Waals surface area contributed by atoms with E-state index < -0.39 is 5.91 Å². The van der Waals surface area contributed by atoms with Gasteiger partial charge in [0.05, 0.1) is 21.3 Å². The van der Waals surface area contributed by atoms with E-state index in [2.05, 4.69) is 15.6 Å². The van der Waals surface area contributed by atoms with Crippen LogP contribution < -0.4 is 10.6 Å². The summed E-state index contributed by atoms with van der Waals surface area (Å²) in [5.41, 5.74) is 5.08. The molecule has 0 aliphatic heterocycles. The highest BCUT2D eigenvalue weighted by Gasteiger charge is 2.14. The van der Waals surface area contributed by atoms with Crippen molar-refractivity contribution >= 4 is 63.2 Å². The molecule has 3 aromatic carbocycles. The van der Waals surface area contributed by atoms with Gasteiger partial charge in [-0.15, -0.1) is 0 Å². The van der Waals surface area contributed by atoms with E-state index in [9.17, 15) is 4.79 Å². The maximum absolute atomic E-state index is 12.5. The smallest absolute Gasteiger partial charge is 0.258 e. The molecule has 0 saturated heterocycles. The van der Waals surface area contributed by atoms with Crippen molar-refractivity contribution in [2.75, 3.05) is 5.32 Å². The van der Waals surface area contributed by atoms with Crippen LogP contribution >= 0.6 is 35.4 Å². The van der Waals surface area contributed by atoms with Gasteiger partial charge in [-0.1, -0.05) is 35.3 Å². The fourth-order valence-electron chi connectivity index (χ4n) is 3.04. The molecular formula is C23H17Cl2N3O2S.